The maximum atomic E-state index is 11.5. The van der Waals surface area contributed by atoms with Gasteiger partial charge in [-0.1, -0.05) is 0 Å². The van der Waals surface area contributed by atoms with Gasteiger partial charge in [0.25, 0.3) is 5.91 Å². The molecule has 6 nitrogen and oxygen atoms in total. The molecule has 0 spiro atoms. The van der Waals surface area contributed by atoms with Gasteiger partial charge in [0.15, 0.2) is 0 Å². The van der Waals surface area contributed by atoms with Gasteiger partial charge in [-0.3, -0.25) is 10.1 Å². The maximum Gasteiger partial charge on any atom is 0.409 e. The number of hydrogen-bond acceptors (Lipinski definition) is 3. The number of anilines is 2. The first-order valence-corrected chi connectivity index (χ1v) is 5.03. The van der Waals surface area contributed by atoms with Crippen molar-refractivity contribution in [3.63, 3.8) is 0 Å². The molecule has 2 rings (SSSR count). The molecule has 1 aromatic rings. The minimum Gasteiger partial charge on any atom is -0.465 e. The Morgan fingerprint density at radius 3 is 2.53 bits per heavy atom. The number of carbonyl (C=O) groups is 2. The first-order chi connectivity index (χ1) is 8.06. The summed E-state index contributed by atoms with van der Waals surface area (Å²) in [6, 6.07) is 6.45. The second-order valence-electron chi connectivity index (χ2n) is 3.69. The maximum absolute atomic E-state index is 11.5. The van der Waals surface area contributed by atoms with Crippen LogP contribution >= 0.6 is 0 Å². The number of benzene rings is 1. The van der Waals surface area contributed by atoms with Gasteiger partial charge in [0.05, 0.1) is 12.1 Å². The molecule has 0 saturated carbocycles. The SMILES string of the molecule is CC1=NN(c2ccc(NC(=O)O)cc2)C(=O)C1. The Kier molecular flexibility index (Phi) is 2.78. The highest BCUT2D eigenvalue weighted by Gasteiger charge is 2.22. The quantitative estimate of drug-likeness (QED) is 0.818. The molecule has 6 heteroatoms. The summed E-state index contributed by atoms with van der Waals surface area (Å²) < 4.78 is 0. The fourth-order valence-electron chi connectivity index (χ4n) is 1.57. The van der Waals surface area contributed by atoms with Crippen molar-refractivity contribution in [2.24, 2.45) is 5.10 Å². The molecule has 17 heavy (non-hydrogen) atoms. The lowest BCUT2D eigenvalue weighted by Crippen LogP contribution is -2.19. The molecule has 2 N–H and O–H groups in total. The van der Waals surface area contributed by atoms with Crippen LogP contribution < -0.4 is 10.3 Å². The fraction of sp³-hybridized carbons (Fsp3) is 0.182. The summed E-state index contributed by atoms with van der Waals surface area (Å²) in [5.74, 6) is -0.0820. The van der Waals surface area contributed by atoms with Gasteiger partial charge in [-0.2, -0.15) is 5.10 Å². The van der Waals surface area contributed by atoms with E-state index < -0.39 is 6.09 Å². The second-order valence-corrected chi connectivity index (χ2v) is 3.69. The Hall–Kier alpha value is -2.37. The highest BCUT2D eigenvalue weighted by Crippen LogP contribution is 2.22. The number of rotatable bonds is 2. The Bertz CT molecular complexity index is 493. The van der Waals surface area contributed by atoms with Gasteiger partial charge in [-0.15, -0.1) is 0 Å². The van der Waals surface area contributed by atoms with Crippen LogP contribution in [0.4, 0.5) is 16.2 Å². The highest BCUT2D eigenvalue weighted by molar-refractivity contribution is 6.12. The summed E-state index contributed by atoms with van der Waals surface area (Å²) in [5, 5.41) is 16.2. The first-order valence-electron chi connectivity index (χ1n) is 5.03. The molecule has 0 radical (unpaired) electrons. The Labute approximate surface area is 97.5 Å². The molecular weight excluding hydrogens is 222 g/mol. The summed E-state index contributed by atoms with van der Waals surface area (Å²) in [4.78, 5) is 22.0. The number of hydrogen-bond donors (Lipinski definition) is 2. The van der Waals surface area contributed by atoms with Crippen LogP contribution in [0.2, 0.25) is 0 Å². The van der Waals surface area contributed by atoms with Crippen LogP contribution in [0, 0.1) is 0 Å². The van der Waals surface area contributed by atoms with Crippen molar-refractivity contribution in [2.75, 3.05) is 10.3 Å². The molecule has 0 aromatic heterocycles. The third-order valence-corrected chi connectivity index (χ3v) is 2.28. The summed E-state index contributed by atoms with van der Waals surface area (Å²) in [7, 11) is 0. The van der Waals surface area contributed by atoms with Crippen LogP contribution in [0.5, 0.6) is 0 Å². The largest absolute Gasteiger partial charge is 0.465 e. The molecule has 0 bridgehead atoms. The number of nitrogens with one attached hydrogen (secondary N) is 1. The molecule has 0 atom stereocenters. The molecule has 0 saturated heterocycles. The molecule has 1 aliphatic rings. The van der Waals surface area contributed by atoms with Crippen molar-refractivity contribution < 1.29 is 14.7 Å². The van der Waals surface area contributed by atoms with E-state index in [1.165, 1.54) is 5.01 Å². The van der Waals surface area contributed by atoms with Gasteiger partial charge in [-0.25, -0.2) is 9.80 Å². The minimum absolute atomic E-state index is 0.0820. The Morgan fingerprint density at radius 2 is 2.06 bits per heavy atom. The molecular formula is C11H11N3O3. The van der Waals surface area contributed by atoms with Crippen molar-refractivity contribution >= 4 is 29.1 Å². The summed E-state index contributed by atoms with van der Waals surface area (Å²) in [5.41, 5.74) is 1.85. The number of amides is 2. The average Bonchev–Trinajstić information content (AvgIpc) is 2.58. The molecule has 0 fully saturated rings. The third kappa shape index (κ3) is 2.41. The zero-order chi connectivity index (χ0) is 12.4. The van der Waals surface area contributed by atoms with E-state index in [0.29, 0.717) is 17.8 Å². The Balaban J connectivity index is 2.18. The minimum atomic E-state index is -1.12. The van der Waals surface area contributed by atoms with E-state index in [4.69, 9.17) is 5.11 Å². The van der Waals surface area contributed by atoms with Gasteiger partial charge < -0.3 is 5.11 Å². The third-order valence-electron chi connectivity index (χ3n) is 2.28. The van der Waals surface area contributed by atoms with Crippen LogP contribution in [0.25, 0.3) is 0 Å². The van der Waals surface area contributed by atoms with E-state index >= 15 is 0 Å². The summed E-state index contributed by atoms with van der Waals surface area (Å²) in [6.07, 6.45) is -0.793. The van der Waals surface area contributed by atoms with Gasteiger partial charge in [0, 0.05) is 11.4 Å². The average molecular weight is 233 g/mol. The van der Waals surface area contributed by atoms with E-state index in [1.807, 2.05) is 0 Å². The van der Waals surface area contributed by atoms with E-state index in [1.54, 1.807) is 31.2 Å². The predicted molar refractivity (Wildman–Crippen MR) is 63.3 cm³/mol. The number of hydrazone groups is 1. The lowest BCUT2D eigenvalue weighted by molar-refractivity contribution is -0.116. The van der Waals surface area contributed by atoms with Crippen LogP contribution in [0.3, 0.4) is 0 Å². The Morgan fingerprint density at radius 1 is 1.41 bits per heavy atom. The first kappa shape index (κ1) is 11.1. The molecule has 1 heterocycles. The predicted octanol–water partition coefficient (Wildman–Crippen LogP) is 1.89. The molecule has 88 valence electrons. The summed E-state index contributed by atoms with van der Waals surface area (Å²) in [6.45, 7) is 1.79. The van der Waals surface area contributed by atoms with E-state index in [-0.39, 0.29) is 5.91 Å². The molecule has 0 aliphatic carbocycles. The second kappa shape index (κ2) is 4.25. The number of carbonyl (C=O) groups excluding carboxylic acids is 1. The standard InChI is InChI=1S/C11H11N3O3/c1-7-6-10(15)14(13-7)9-4-2-8(3-5-9)12-11(16)17/h2-5,12H,6H2,1H3,(H,16,17). The van der Waals surface area contributed by atoms with Crippen molar-refractivity contribution in [1.82, 2.24) is 0 Å². The van der Waals surface area contributed by atoms with Crippen molar-refractivity contribution in [3.8, 4) is 0 Å². The van der Waals surface area contributed by atoms with Crippen LogP contribution in [0.1, 0.15) is 13.3 Å². The van der Waals surface area contributed by atoms with Crippen LogP contribution in [-0.4, -0.2) is 22.8 Å². The van der Waals surface area contributed by atoms with Gasteiger partial charge in [0.1, 0.15) is 0 Å². The number of carboxylic acid groups (broad SMARTS) is 1. The lowest BCUT2D eigenvalue weighted by atomic mass is 10.2. The van der Waals surface area contributed by atoms with Crippen LogP contribution in [-0.2, 0) is 4.79 Å². The van der Waals surface area contributed by atoms with Crippen LogP contribution in [0.15, 0.2) is 29.4 Å². The smallest absolute Gasteiger partial charge is 0.409 e. The molecule has 0 unspecified atom stereocenters. The van der Waals surface area contributed by atoms with E-state index in [9.17, 15) is 9.59 Å². The molecule has 2 amide bonds. The van der Waals surface area contributed by atoms with E-state index in [2.05, 4.69) is 10.4 Å². The topological polar surface area (TPSA) is 82.0 Å². The summed E-state index contributed by atoms with van der Waals surface area (Å²) >= 11 is 0. The zero-order valence-electron chi connectivity index (χ0n) is 9.17. The van der Waals surface area contributed by atoms with E-state index in [0.717, 1.165) is 5.71 Å². The fourth-order valence-corrected chi connectivity index (χ4v) is 1.57. The highest BCUT2D eigenvalue weighted by atomic mass is 16.4. The number of nitrogens with zero attached hydrogens (tertiary/aromatic N) is 2. The normalized spacial score (nSPS) is 14.8. The zero-order valence-corrected chi connectivity index (χ0v) is 9.17. The monoisotopic (exact) mass is 233 g/mol. The van der Waals surface area contributed by atoms with Crippen molar-refractivity contribution in [1.29, 1.82) is 0 Å². The molecule has 1 aliphatic heterocycles. The lowest BCUT2D eigenvalue weighted by Gasteiger charge is -2.12. The molecule has 1 aromatic carbocycles. The van der Waals surface area contributed by atoms with Gasteiger partial charge in [-0.05, 0) is 31.2 Å². The van der Waals surface area contributed by atoms with Gasteiger partial charge in [0.2, 0.25) is 0 Å². The van der Waals surface area contributed by atoms with Crippen molar-refractivity contribution in [3.05, 3.63) is 24.3 Å². The van der Waals surface area contributed by atoms with Crippen molar-refractivity contribution in [2.45, 2.75) is 13.3 Å². The van der Waals surface area contributed by atoms with Gasteiger partial charge >= 0.3 is 6.09 Å².